The molecule has 1 aromatic heterocycles. The second-order valence-electron chi connectivity index (χ2n) is 6.78. The zero-order chi connectivity index (χ0) is 21.5. The third-order valence-corrected chi connectivity index (χ3v) is 6.87. The summed E-state index contributed by atoms with van der Waals surface area (Å²) in [6.07, 6.45) is 1.78. The lowest BCUT2D eigenvalue weighted by Crippen LogP contribution is -2.46. The van der Waals surface area contributed by atoms with E-state index in [0.29, 0.717) is 16.0 Å². The van der Waals surface area contributed by atoms with Crippen LogP contribution in [0.3, 0.4) is 0 Å². The standard InChI is InChI=1S/C21H18N2O6S/c1-29-21(26)23(19-11-13-6-2-5-9-18(13)30(19,27)28)17(20(24)25)10-14-12-22-16-8-4-3-7-15(14)16/h2-9,11-12,17,22H,10H2,1H3,(H,24,25)/t17-/m0/s1. The van der Waals surface area contributed by atoms with Gasteiger partial charge in [-0.15, -0.1) is 0 Å². The molecule has 1 atom stereocenters. The van der Waals surface area contributed by atoms with Crippen molar-refractivity contribution in [3.05, 3.63) is 70.9 Å². The first-order valence-corrected chi connectivity index (χ1v) is 10.5. The molecule has 154 valence electrons. The molecule has 8 nitrogen and oxygen atoms in total. The lowest BCUT2D eigenvalue weighted by molar-refractivity contribution is -0.141. The molecule has 0 fully saturated rings. The SMILES string of the molecule is COC(=O)N(C1=Cc2ccccc2S1(=O)=O)[C@@H](Cc1c[nH]c2ccccc12)C(=O)O. The predicted molar refractivity (Wildman–Crippen MR) is 109 cm³/mol. The Bertz CT molecular complexity index is 1290. The fraction of sp³-hybridized carbons (Fsp3) is 0.143. The van der Waals surface area contributed by atoms with Crippen molar-refractivity contribution in [2.75, 3.05) is 7.11 Å². The Labute approximate surface area is 172 Å². The van der Waals surface area contributed by atoms with Crippen LogP contribution < -0.4 is 0 Å². The highest BCUT2D eigenvalue weighted by Crippen LogP contribution is 2.36. The van der Waals surface area contributed by atoms with E-state index in [0.717, 1.165) is 18.0 Å². The third-order valence-electron chi connectivity index (χ3n) is 5.06. The molecule has 1 amide bonds. The number of sulfone groups is 1. The van der Waals surface area contributed by atoms with E-state index in [1.165, 1.54) is 12.1 Å². The van der Waals surface area contributed by atoms with Gasteiger partial charge >= 0.3 is 12.1 Å². The maximum atomic E-state index is 13.1. The fourth-order valence-electron chi connectivity index (χ4n) is 3.63. The Morgan fingerprint density at radius 1 is 1.13 bits per heavy atom. The zero-order valence-corrected chi connectivity index (χ0v) is 16.7. The van der Waals surface area contributed by atoms with Crippen LogP contribution >= 0.6 is 0 Å². The molecule has 0 aliphatic carbocycles. The number of hydrogen-bond acceptors (Lipinski definition) is 5. The van der Waals surface area contributed by atoms with Crippen molar-refractivity contribution in [3.8, 4) is 0 Å². The highest BCUT2D eigenvalue weighted by atomic mass is 32.2. The van der Waals surface area contributed by atoms with Crippen LogP contribution in [0.2, 0.25) is 0 Å². The van der Waals surface area contributed by atoms with E-state index in [9.17, 15) is 23.1 Å². The van der Waals surface area contributed by atoms with Gasteiger partial charge in [-0.3, -0.25) is 4.90 Å². The molecule has 4 rings (SSSR count). The summed E-state index contributed by atoms with van der Waals surface area (Å²) in [5.74, 6) is -1.35. The minimum atomic E-state index is -4.09. The largest absolute Gasteiger partial charge is 0.480 e. The number of aliphatic carboxylic acids is 1. The second-order valence-corrected chi connectivity index (χ2v) is 8.65. The highest BCUT2D eigenvalue weighted by molar-refractivity contribution is 7.95. The molecule has 0 unspecified atom stereocenters. The van der Waals surface area contributed by atoms with Gasteiger partial charge < -0.3 is 14.8 Å². The van der Waals surface area contributed by atoms with Gasteiger partial charge in [0.2, 0.25) is 9.84 Å². The molecule has 1 aliphatic heterocycles. The smallest absolute Gasteiger partial charge is 0.415 e. The molecule has 0 radical (unpaired) electrons. The van der Waals surface area contributed by atoms with Crippen molar-refractivity contribution in [2.45, 2.75) is 17.4 Å². The highest BCUT2D eigenvalue weighted by Gasteiger charge is 2.42. The van der Waals surface area contributed by atoms with Crippen LogP contribution in [0.15, 0.2) is 64.7 Å². The number of fused-ring (bicyclic) bond motifs is 2. The molecule has 0 bridgehead atoms. The number of nitrogens with zero attached hydrogens (tertiary/aromatic N) is 1. The molecule has 2 heterocycles. The fourth-order valence-corrected chi connectivity index (χ4v) is 5.30. The first-order valence-electron chi connectivity index (χ1n) is 9.05. The number of aromatic amines is 1. The van der Waals surface area contributed by atoms with E-state index < -0.39 is 33.0 Å². The van der Waals surface area contributed by atoms with Gasteiger partial charge in [0.05, 0.1) is 12.0 Å². The number of carbonyl (C=O) groups is 2. The van der Waals surface area contributed by atoms with Gasteiger partial charge in [-0.05, 0) is 29.3 Å². The summed E-state index contributed by atoms with van der Waals surface area (Å²) >= 11 is 0. The van der Waals surface area contributed by atoms with Gasteiger partial charge in [0, 0.05) is 23.5 Å². The first-order chi connectivity index (χ1) is 14.3. The summed E-state index contributed by atoms with van der Waals surface area (Å²) in [6, 6.07) is 12.1. The average molecular weight is 426 g/mol. The first kappa shape index (κ1) is 19.7. The molecule has 1 aliphatic rings. The van der Waals surface area contributed by atoms with Crippen molar-refractivity contribution >= 4 is 38.9 Å². The number of aromatic nitrogens is 1. The van der Waals surface area contributed by atoms with E-state index in [1.807, 2.05) is 24.3 Å². The van der Waals surface area contributed by atoms with E-state index in [4.69, 9.17) is 4.74 Å². The van der Waals surface area contributed by atoms with Gasteiger partial charge in [0.25, 0.3) is 0 Å². The summed E-state index contributed by atoms with van der Waals surface area (Å²) in [5, 5.41) is 10.3. The molecular weight excluding hydrogens is 408 g/mol. The maximum Gasteiger partial charge on any atom is 0.415 e. The Hall–Kier alpha value is -3.59. The molecule has 0 spiro atoms. The number of amides is 1. The van der Waals surface area contributed by atoms with E-state index >= 15 is 0 Å². The summed E-state index contributed by atoms with van der Waals surface area (Å²) in [7, 11) is -3.01. The second kappa shape index (κ2) is 7.34. The van der Waals surface area contributed by atoms with Crippen molar-refractivity contribution in [2.24, 2.45) is 0 Å². The Kier molecular flexibility index (Phi) is 4.83. The van der Waals surface area contributed by atoms with Gasteiger partial charge in [0.15, 0.2) is 0 Å². The monoisotopic (exact) mass is 426 g/mol. The van der Waals surface area contributed by atoms with E-state index in [1.54, 1.807) is 24.4 Å². The Morgan fingerprint density at radius 3 is 2.53 bits per heavy atom. The minimum Gasteiger partial charge on any atom is -0.480 e. The topological polar surface area (TPSA) is 117 Å². The van der Waals surface area contributed by atoms with Gasteiger partial charge in [-0.25, -0.2) is 18.0 Å². The zero-order valence-electron chi connectivity index (χ0n) is 15.9. The number of carboxylic acids is 1. The molecular formula is C21H18N2O6S. The Morgan fingerprint density at radius 2 is 1.83 bits per heavy atom. The number of rotatable bonds is 5. The number of carboxylic acid groups (broad SMARTS) is 1. The summed E-state index contributed by atoms with van der Waals surface area (Å²) in [4.78, 5) is 28.6. The molecule has 3 aromatic rings. The van der Waals surface area contributed by atoms with E-state index in [2.05, 4.69) is 4.98 Å². The van der Waals surface area contributed by atoms with Crippen molar-refractivity contribution in [1.29, 1.82) is 0 Å². The lowest BCUT2D eigenvalue weighted by atomic mass is 10.0. The number of hydrogen-bond donors (Lipinski definition) is 2. The maximum absolute atomic E-state index is 13.1. The van der Waals surface area contributed by atoms with Gasteiger partial charge in [-0.2, -0.15) is 0 Å². The van der Waals surface area contributed by atoms with Crippen molar-refractivity contribution in [1.82, 2.24) is 9.88 Å². The van der Waals surface area contributed by atoms with Gasteiger partial charge in [-0.1, -0.05) is 36.4 Å². The van der Waals surface area contributed by atoms with Crippen LogP contribution in [0.1, 0.15) is 11.1 Å². The summed E-state index contributed by atoms with van der Waals surface area (Å²) in [5.41, 5.74) is 1.83. The number of H-pyrrole nitrogens is 1. The van der Waals surface area contributed by atoms with Crippen LogP contribution in [0.4, 0.5) is 4.79 Å². The Balaban J connectivity index is 1.81. The molecule has 0 saturated heterocycles. The van der Waals surface area contributed by atoms with Crippen molar-refractivity contribution < 1.29 is 27.9 Å². The van der Waals surface area contributed by atoms with Crippen LogP contribution in [0, 0.1) is 0 Å². The van der Waals surface area contributed by atoms with Crippen LogP contribution in [-0.2, 0) is 25.8 Å². The number of benzene rings is 2. The molecule has 2 aromatic carbocycles. The van der Waals surface area contributed by atoms with Crippen LogP contribution in [-0.4, -0.2) is 48.6 Å². The quantitative estimate of drug-likeness (QED) is 0.648. The third kappa shape index (κ3) is 3.13. The van der Waals surface area contributed by atoms with Crippen LogP contribution in [0.5, 0.6) is 0 Å². The predicted octanol–water partition coefficient (Wildman–Crippen LogP) is 3.02. The van der Waals surface area contributed by atoms with Crippen molar-refractivity contribution in [3.63, 3.8) is 0 Å². The molecule has 9 heteroatoms. The average Bonchev–Trinajstić information content (AvgIpc) is 3.26. The van der Waals surface area contributed by atoms with E-state index in [-0.39, 0.29) is 11.3 Å². The summed E-state index contributed by atoms with van der Waals surface area (Å²) < 4.78 is 30.9. The number of methoxy groups -OCH3 is 1. The number of ether oxygens (including phenoxy) is 1. The van der Waals surface area contributed by atoms with Gasteiger partial charge in [0.1, 0.15) is 11.1 Å². The minimum absolute atomic E-state index is 0.0186. The normalized spacial score (nSPS) is 15.3. The number of nitrogens with one attached hydrogen (secondary N) is 1. The molecule has 2 N–H and O–H groups in total. The molecule has 0 saturated carbocycles. The summed E-state index contributed by atoms with van der Waals surface area (Å²) in [6.45, 7) is 0. The molecule has 30 heavy (non-hydrogen) atoms. The lowest BCUT2D eigenvalue weighted by Gasteiger charge is -2.28. The number of carbonyl (C=O) groups excluding carboxylic acids is 1. The van der Waals surface area contributed by atoms with Crippen LogP contribution in [0.25, 0.3) is 17.0 Å². The number of para-hydroxylation sites is 1.